The Balaban J connectivity index is 1.37. The molecule has 1 aromatic heterocycles. The van der Waals surface area contributed by atoms with Crippen LogP contribution in [-0.4, -0.2) is 0 Å². The molecule has 0 spiro atoms. The second kappa shape index (κ2) is 15.1. The number of thioether (sulfide) groups is 1. The van der Waals surface area contributed by atoms with Gasteiger partial charge in [0.1, 0.15) is 11.2 Å². The van der Waals surface area contributed by atoms with E-state index >= 15 is 0 Å². The van der Waals surface area contributed by atoms with Crippen LogP contribution in [0.5, 0.6) is 0 Å². The molecule has 2 atom stereocenters. The average molecular weight is 789 g/mol. The maximum Gasteiger partial charge on any atom is 0.310 e. The zero-order valence-electron chi connectivity index (χ0n) is 28.8. The van der Waals surface area contributed by atoms with Crippen LogP contribution in [0, 0.1) is 0 Å². The molecule has 0 unspecified atom stereocenters. The number of fused-ring (bicyclic) bond motifs is 7. The third-order valence-electron chi connectivity index (χ3n) is 9.74. The van der Waals surface area contributed by atoms with Crippen LogP contribution in [0.2, 0.25) is 0 Å². The lowest BCUT2D eigenvalue weighted by molar-refractivity contribution is 0.570. The summed E-state index contributed by atoms with van der Waals surface area (Å²) >= 11 is 5.52. The van der Waals surface area contributed by atoms with Crippen molar-refractivity contribution in [1.29, 1.82) is 0 Å². The van der Waals surface area contributed by atoms with E-state index in [0.29, 0.717) is 6.54 Å². The second-order valence-electron chi connectivity index (χ2n) is 13.1. The molecule has 1 heterocycles. The number of hydrogen-bond donors (Lipinski definition) is 0. The van der Waals surface area contributed by atoms with E-state index in [0.717, 1.165) is 37.2 Å². The van der Waals surface area contributed by atoms with E-state index in [1.807, 2.05) is 11.8 Å². The third-order valence-corrected chi connectivity index (χ3v) is 13.1. The summed E-state index contributed by atoms with van der Waals surface area (Å²) < 4.78 is 18.2. The van der Waals surface area contributed by atoms with Gasteiger partial charge in [-0.15, -0.1) is 11.8 Å². The first-order valence-corrected chi connectivity index (χ1v) is 20.5. The van der Waals surface area contributed by atoms with Gasteiger partial charge < -0.3 is 8.39 Å². The fourth-order valence-corrected chi connectivity index (χ4v) is 10.6. The molecule has 0 N–H and O–H groups in total. The predicted octanol–water partition coefficient (Wildman–Crippen LogP) is 14.8. The van der Waals surface area contributed by atoms with Crippen LogP contribution in [0.25, 0.3) is 43.5 Å². The molecule has 0 saturated heterocycles. The molecule has 9 aromatic rings. The van der Waals surface area contributed by atoms with E-state index in [2.05, 4.69) is 209 Å². The number of nitrogens with zero attached hydrogens (tertiary/aromatic N) is 1. The highest BCUT2D eigenvalue weighted by molar-refractivity contribution is 9.10. The molecule has 0 aliphatic carbocycles. The SMILES string of the molecule is Brc1ccc(S[C@H](c2ccccc2)[C@H](c2ccccc2)N(Cc2ccccc2)p2oc3ccc4ccccc4c3c3c(ccc4ccccc43)o2)cc1. The topological polar surface area (TPSA) is 29.5 Å². The van der Waals surface area contributed by atoms with Crippen molar-refractivity contribution in [3.63, 3.8) is 0 Å². The molecule has 6 heteroatoms. The van der Waals surface area contributed by atoms with Crippen LogP contribution in [0.1, 0.15) is 28.0 Å². The number of hydrogen-bond acceptors (Lipinski definition) is 4. The van der Waals surface area contributed by atoms with Crippen molar-refractivity contribution in [2.24, 2.45) is 0 Å². The lowest BCUT2D eigenvalue weighted by Gasteiger charge is -2.35. The van der Waals surface area contributed by atoms with Crippen molar-refractivity contribution in [1.82, 2.24) is 0 Å². The first-order valence-electron chi connectivity index (χ1n) is 17.7. The molecule has 0 amide bonds. The van der Waals surface area contributed by atoms with Gasteiger partial charge in [-0.05, 0) is 74.6 Å². The highest BCUT2D eigenvalue weighted by Gasteiger charge is 2.35. The van der Waals surface area contributed by atoms with Crippen LogP contribution in [0.4, 0.5) is 0 Å². The summed E-state index contributed by atoms with van der Waals surface area (Å²) in [6, 6.07) is 66.7. The summed E-state index contributed by atoms with van der Waals surface area (Å²) in [4.78, 5) is 1.19. The van der Waals surface area contributed by atoms with E-state index in [1.54, 1.807) is 0 Å². The maximum absolute atomic E-state index is 7.34. The Morgan fingerprint density at radius 2 is 1.00 bits per heavy atom. The summed E-state index contributed by atoms with van der Waals surface area (Å²) in [5.41, 5.74) is 5.26. The van der Waals surface area contributed by atoms with Crippen molar-refractivity contribution in [2.75, 3.05) is 4.67 Å². The minimum Gasteiger partial charge on any atom is -0.408 e. The van der Waals surface area contributed by atoms with E-state index < -0.39 is 8.16 Å². The zero-order chi connectivity index (χ0) is 35.6. The highest BCUT2D eigenvalue weighted by Crippen LogP contribution is 2.53. The van der Waals surface area contributed by atoms with Crippen molar-refractivity contribution in [3.8, 4) is 0 Å². The van der Waals surface area contributed by atoms with Crippen LogP contribution < -0.4 is 4.67 Å². The van der Waals surface area contributed by atoms with Gasteiger partial charge in [0.25, 0.3) is 0 Å². The molecule has 0 aliphatic heterocycles. The summed E-state index contributed by atoms with van der Waals surface area (Å²) in [7, 11) is -1.72. The standard InChI is InChI=1S/C47H35BrNO2PS/c48-38-26-28-39(29-27-38)53-47(37-20-8-3-9-21-37)46(36-18-6-2-7-19-36)49(32-33-14-4-1-5-15-33)52-50-42-30-24-34-16-10-12-22-40(34)44(42)45-41-23-13-11-17-35(41)25-31-43(45)51-52/h1-31,46-47H,32H2/t46-,47+/m0/s1. The lowest BCUT2D eigenvalue weighted by Crippen LogP contribution is -2.29. The fourth-order valence-electron chi connectivity index (χ4n) is 7.26. The largest absolute Gasteiger partial charge is 0.408 e. The Morgan fingerprint density at radius 3 is 1.57 bits per heavy atom. The third kappa shape index (κ3) is 6.94. The van der Waals surface area contributed by atoms with Crippen molar-refractivity contribution in [3.05, 3.63) is 209 Å². The van der Waals surface area contributed by atoms with Crippen molar-refractivity contribution < 1.29 is 8.39 Å². The van der Waals surface area contributed by atoms with Gasteiger partial charge in [-0.1, -0.05) is 168 Å². The van der Waals surface area contributed by atoms with Gasteiger partial charge in [-0.25, -0.2) is 0 Å². The molecule has 0 fully saturated rings. The second-order valence-corrected chi connectivity index (χ2v) is 16.6. The zero-order valence-corrected chi connectivity index (χ0v) is 32.1. The van der Waals surface area contributed by atoms with Gasteiger partial charge in [0, 0.05) is 26.7 Å². The van der Waals surface area contributed by atoms with E-state index in [1.165, 1.54) is 32.4 Å². The number of halogens is 1. The Labute approximate surface area is 322 Å². The van der Waals surface area contributed by atoms with Crippen molar-refractivity contribution in [2.45, 2.75) is 22.7 Å². The highest BCUT2D eigenvalue weighted by atomic mass is 79.9. The molecule has 0 bridgehead atoms. The lowest BCUT2D eigenvalue weighted by atomic mass is 9.97. The molecule has 0 radical (unpaired) electrons. The first kappa shape index (κ1) is 33.8. The summed E-state index contributed by atoms with van der Waals surface area (Å²) in [6.45, 7) is 0.613. The quantitative estimate of drug-likeness (QED) is 0.136. The molecule has 53 heavy (non-hydrogen) atoms. The Kier molecular flexibility index (Phi) is 9.65. The molecular weight excluding hydrogens is 753 g/mol. The molecule has 0 aliphatic rings. The molecule has 0 saturated carbocycles. The average Bonchev–Trinajstić information content (AvgIpc) is 3.39. The predicted molar refractivity (Wildman–Crippen MR) is 228 cm³/mol. The Bertz CT molecular complexity index is 2610. The summed E-state index contributed by atoms with van der Waals surface area (Å²) in [5, 5.41) is 6.74. The fraction of sp³-hybridized carbons (Fsp3) is 0.0638. The normalized spacial score (nSPS) is 12.8. The van der Waals surface area contributed by atoms with Crippen LogP contribution in [-0.2, 0) is 6.54 Å². The molecule has 258 valence electrons. The first-order chi connectivity index (χ1) is 26.2. The van der Waals surface area contributed by atoms with Crippen LogP contribution in [0.15, 0.2) is 206 Å². The minimum absolute atomic E-state index is 0.0198. The maximum atomic E-state index is 7.34. The number of rotatable bonds is 9. The van der Waals surface area contributed by atoms with Gasteiger partial charge in [0.05, 0.1) is 11.3 Å². The van der Waals surface area contributed by atoms with E-state index in [-0.39, 0.29) is 11.3 Å². The van der Waals surface area contributed by atoms with E-state index in [4.69, 9.17) is 8.39 Å². The van der Waals surface area contributed by atoms with E-state index in [9.17, 15) is 0 Å². The Morgan fingerprint density at radius 1 is 0.509 bits per heavy atom. The smallest absolute Gasteiger partial charge is 0.310 e. The summed E-state index contributed by atoms with van der Waals surface area (Å²) in [6.07, 6.45) is 0. The van der Waals surface area contributed by atoms with Gasteiger partial charge >= 0.3 is 8.16 Å². The van der Waals surface area contributed by atoms with Gasteiger partial charge in [0.2, 0.25) is 0 Å². The van der Waals surface area contributed by atoms with Gasteiger partial charge in [0.15, 0.2) is 0 Å². The Hall–Kier alpha value is -5.03. The van der Waals surface area contributed by atoms with Gasteiger partial charge in [-0.3, -0.25) is 0 Å². The molecular formula is C47H35BrNO2PS. The molecule has 9 rings (SSSR count). The number of benzene rings is 8. The molecule has 3 nitrogen and oxygen atoms in total. The monoisotopic (exact) mass is 787 g/mol. The molecule has 8 aromatic carbocycles. The minimum atomic E-state index is -1.72. The summed E-state index contributed by atoms with van der Waals surface area (Å²) in [5.74, 6) is 0. The van der Waals surface area contributed by atoms with Crippen LogP contribution >= 0.6 is 35.9 Å². The van der Waals surface area contributed by atoms with Gasteiger partial charge in [-0.2, -0.15) is 4.67 Å². The van der Waals surface area contributed by atoms with Crippen LogP contribution in [0.3, 0.4) is 0 Å². The van der Waals surface area contributed by atoms with Crippen molar-refractivity contribution >= 4 is 79.3 Å².